The van der Waals surface area contributed by atoms with Crippen LogP contribution in [-0.4, -0.2) is 63.4 Å². The van der Waals surface area contributed by atoms with Gasteiger partial charge in [-0.2, -0.15) is 0 Å². The van der Waals surface area contributed by atoms with Gasteiger partial charge >= 0.3 is 0 Å². The van der Waals surface area contributed by atoms with Crippen LogP contribution in [0, 0.1) is 0 Å². The molecule has 6 nitrogen and oxygen atoms in total. The van der Waals surface area contributed by atoms with E-state index in [1.165, 1.54) is 17.6 Å². The maximum absolute atomic E-state index is 13.3. The third kappa shape index (κ3) is 5.21. The summed E-state index contributed by atoms with van der Waals surface area (Å²) in [6, 6.07) is 12.7. The van der Waals surface area contributed by atoms with Gasteiger partial charge < -0.3 is 4.90 Å². The lowest BCUT2D eigenvalue weighted by Gasteiger charge is -2.22. The molecular formula is C21H25N3O3S3. The minimum Gasteiger partial charge on any atom is -0.308 e. The van der Waals surface area contributed by atoms with Crippen molar-refractivity contribution in [3.8, 4) is 0 Å². The number of hydrogen-bond donors (Lipinski definition) is 0. The molecule has 1 heterocycles. The minimum atomic E-state index is -3.42. The Bertz CT molecular complexity index is 1140. The monoisotopic (exact) mass is 463 g/mol. The van der Waals surface area contributed by atoms with Crippen LogP contribution in [0.3, 0.4) is 0 Å². The zero-order chi connectivity index (χ0) is 21.9. The number of benzene rings is 2. The number of rotatable bonds is 8. The molecule has 0 fully saturated rings. The van der Waals surface area contributed by atoms with E-state index in [9.17, 15) is 13.2 Å². The second kappa shape index (κ2) is 9.47. The molecule has 0 N–H and O–H groups in total. The molecule has 30 heavy (non-hydrogen) atoms. The number of thiazole rings is 1. The highest BCUT2D eigenvalue weighted by molar-refractivity contribution is 7.99. The van der Waals surface area contributed by atoms with Gasteiger partial charge in [0.05, 0.1) is 9.60 Å². The van der Waals surface area contributed by atoms with Gasteiger partial charge in [0.2, 0.25) is 0 Å². The van der Waals surface area contributed by atoms with Crippen LogP contribution in [0.25, 0.3) is 10.2 Å². The molecular weight excluding hydrogens is 438 g/mol. The highest BCUT2D eigenvalue weighted by Crippen LogP contribution is 2.33. The first kappa shape index (κ1) is 22.7. The van der Waals surface area contributed by atoms with Crippen LogP contribution in [0.4, 0.5) is 5.13 Å². The maximum Gasteiger partial charge on any atom is 0.260 e. The fourth-order valence-corrected chi connectivity index (χ4v) is 5.50. The summed E-state index contributed by atoms with van der Waals surface area (Å²) in [7, 11) is 0.468. The number of hydrogen-bond acceptors (Lipinski definition) is 7. The van der Waals surface area contributed by atoms with Crippen LogP contribution in [-0.2, 0) is 9.84 Å². The lowest BCUT2D eigenvalue weighted by Crippen LogP contribution is -2.36. The normalized spacial score (nSPS) is 11.9. The van der Waals surface area contributed by atoms with E-state index in [1.807, 2.05) is 49.3 Å². The second-order valence-electron chi connectivity index (χ2n) is 7.09. The maximum atomic E-state index is 13.3. The van der Waals surface area contributed by atoms with Gasteiger partial charge in [0.15, 0.2) is 15.0 Å². The Morgan fingerprint density at radius 2 is 1.80 bits per heavy atom. The summed E-state index contributed by atoms with van der Waals surface area (Å²) in [5, 5.41) is 0.500. The standard InChI is InChI=1S/C21H25N3O3S3/c1-5-28-16-11-9-15(10-12-16)20(25)24(14-13-23(2)3)21-22-19-17(29-21)7-6-8-18(19)30(4,26)27/h6-12H,5,13-14H2,1-4H3. The molecule has 0 aliphatic carbocycles. The third-order valence-electron chi connectivity index (χ3n) is 4.43. The van der Waals surface area contributed by atoms with Gasteiger partial charge in [0, 0.05) is 29.8 Å². The van der Waals surface area contributed by atoms with E-state index in [-0.39, 0.29) is 10.8 Å². The van der Waals surface area contributed by atoms with Crippen LogP contribution in [0.1, 0.15) is 17.3 Å². The number of aromatic nitrogens is 1. The Hall–Kier alpha value is -1.94. The van der Waals surface area contributed by atoms with E-state index < -0.39 is 9.84 Å². The minimum absolute atomic E-state index is 0.148. The number of sulfone groups is 1. The van der Waals surface area contributed by atoms with E-state index in [0.717, 1.165) is 15.3 Å². The average Bonchev–Trinajstić information content (AvgIpc) is 3.11. The molecule has 1 amide bonds. The number of thioether (sulfide) groups is 1. The van der Waals surface area contributed by atoms with E-state index in [1.54, 1.807) is 28.8 Å². The van der Waals surface area contributed by atoms with Gasteiger partial charge in [-0.3, -0.25) is 9.69 Å². The van der Waals surface area contributed by atoms with E-state index in [2.05, 4.69) is 11.9 Å². The fourth-order valence-electron chi connectivity index (χ4n) is 2.93. The number of carbonyl (C=O) groups excluding carboxylic acids is 1. The molecule has 160 valence electrons. The fraction of sp³-hybridized carbons (Fsp3) is 0.333. The van der Waals surface area contributed by atoms with Gasteiger partial charge in [-0.1, -0.05) is 24.3 Å². The predicted molar refractivity (Wildman–Crippen MR) is 126 cm³/mol. The molecule has 0 bridgehead atoms. The Labute approximate surface area is 185 Å². The van der Waals surface area contributed by atoms with E-state index in [0.29, 0.717) is 29.3 Å². The molecule has 1 aromatic heterocycles. The van der Waals surface area contributed by atoms with Gasteiger partial charge in [-0.05, 0) is 56.2 Å². The summed E-state index contributed by atoms with van der Waals surface area (Å²) in [6.07, 6.45) is 1.17. The highest BCUT2D eigenvalue weighted by atomic mass is 32.2. The summed E-state index contributed by atoms with van der Waals surface area (Å²) >= 11 is 3.05. The Morgan fingerprint density at radius 1 is 1.10 bits per heavy atom. The topological polar surface area (TPSA) is 70.6 Å². The largest absolute Gasteiger partial charge is 0.308 e. The summed E-state index contributed by atoms with van der Waals surface area (Å²) in [5.41, 5.74) is 0.995. The average molecular weight is 464 g/mol. The summed E-state index contributed by atoms with van der Waals surface area (Å²) in [5.74, 6) is 0.821. The molecule has 0 aliphatic heterocycles. The van der Waals surface area contributed by atoms with Crippen molar-refractivity contribution in [2.45, 2.75) is 16.7 Å². The number of nitrogens with zero attached hydrogens (tertiary/aromatic N) is 3. The van der Waals surface area contributed by atoms with Gasteiger partial charge in [-0.15, -0.1) is 11.8 Å². The van der Waals surface area contributed by atoms with Crippen molar-refractivity contribution in [1.82, 2.24) is 9.88 Å². The van der Waals surface area contributed by atoms with Crippen molar-refractivity contribution in [3.05, 3.63) is 48.0 Å². The highest BCUT2D eigenvalue weighted by Gasteiger charge is 2.23. The SMILES string of the molecule is CCSc1ccc(C(=O)N(CCN(C)C)c2nc3c(S(C)(=O)=O)cccc3s2)cc1. The first-order chi connectivity index (χ1) is 14.2. The Morgan fingerprint density at radius 3 is 2.40 bits per heavy atom. The van der Waals surface area contributed by atoms with Crippen LogP contribution in [0.15, 0.2) is 52.3 Å². The van der Waals surface area contributed by atoms with Gasteiger partial charge in [0.25, 0.3) is 5.91 Å². The molecule has 0 unspecified atom stereocenters. The lowest BCUT2D eigenvalue weighted by atomic mass is 10.2. The smallest absolute Gasteiger partial charge is 0.260 e. The molecule has 3 rings (SSSR count). The molecule has 2 aromatic carbocycles. The van der Waals surface area contributed by atoms with Gasteiger partial charge in [-0.25, -0.2) is 13.4 Å². The molecule has 0 aliphatic rings. The zero-order valence-corrected chi connectivity index (χ0v) is 19.9. The van der Waals surface area contributed by atoms with Crippen LogP contribution in [0.2, 0.25) is 0 Å². The van der Waals surface area contributed by atoms with Crippen molar-refractivity contribution in [2.75, 3.05) is 44.1 Å². The molecule has 0 saturated heterocycles. The summed E-state index contributed by atoms with van der Waals surface area (Å²) < 4.78 is 25.1. The molecule has 0 radical (unpaired) electrons. The molecule has 9 heteroatoms. The van der Waals surface area contributed by atoms with Crippen molar-refractivity contribution >= 4 is 54.2 Å². The van der Waals surface area contributed by atoms with Gasteiger partial charge in [0.1, 0.15) is 5.52 Å². The number of carbonyl (C=O) groups is 1. The molecule has 0 saturated carbocycles. The molecule has 3 aromatic rings. The van der Waals surface area contributed by atoms with Crippen molar-refractivity contribution in [1.29, 1.82) is 0 Å². The van der Waals surface area contributed by atoms with Crippen LogP contribution >= 0.6 is 23.1 Å². The van der Waals surface area contributed by atoms with E-state index in [4.69, 9.17) is 0 Å². The number of para-hydroxylation sites is 1. The molecule has 0 spiro atoms. The zero-order valence-electron chi connectivity index (χ0n) is 17.5. The van der Waals surface area contributed by atoms with Crippen molar-refractivity contribution in [3.63, 3.8) is 0 Å². The van der Waals surface area contributed by atoms with Crippen molar-refractivity contribution in [2.24, 2.45) is 0 Å². The number of likely N-dealkylation sites (N-methyl/N-ethyl adjacent to an activating group) is 1. The Balaban J connectivity index is 2.02. The first-order valence-electron chi connectivity index (χ1n) is 9.49. The first-order valence-corrected chi connectivity index (χ1v) is 13.2. The number of anilines is 1. The van der Waals surface area contributed by atoms with Crippen LogP contribution in [0.5, 0.6) is 0 Å². The van der Waals surface area contributed by atoms with Crippen molar-refractivity contribution < 1.29 is 13.2 Å². The van der Waals surface area contributed by atoms with E-state index >= 15 is 0 Å². The van der Waals surface area contributed by atoms with Crippen LogP contribution < -0.4 is 4.90 Å². The summed E-state index contributed by atoms with van der Waals surface area (Å²) in [6.45, 7) is 3.19. The lowest BCUT2D eigenvalue weighted by molar-refractivity contribution is 0.0985. The number of fused-ring (bicyclic) bond motifs is 1. The summed E-state index contributed by atoms with van der Waals surface area (Å²) in [4.78, 5) is 22.8. The third-order valence-corrected chi connectivity index (χ3v) is 7.50. The second-order valence-corrected chi connectivity index (χ2v) is 11.4. The molecule has 0 atom stereocenters. The predicted octanol–water partition coefficient (Wildman–Crippen LogP) is 4.02. The Kier molecular flexibility index (Phi) is 7.18. The number of amides is 1. The quantitative estimate of drug-likeness (QED) is 0.470.